The molecule has 1 aliphatic rings. The van der Waals surface area contributed by atoms with E-state index in [-0.39, 0.29) is 29.8 Å². The van der Waals surface area contributed by atoms with Gasteiger partial charge in [-0.05, 0) is 36.6 Å². The number of nitrogens with one attached hydrogen (secondary N) is 1. The van der Waals surface area contributed by atoms with E-state index in [1.54, 1.807) is 24.3 Å². The lowest BCUT2D eigenvalue weighted by Crippen LogP contribution is -2.29. The van der Waals surface area contributed by atoms with Gasteiger partial charge in [0.1, 0.15) is 12.4 Å². The quantitative estimate of drug-likeness (QED) is 0.591. The number of ether oxygens (including phenoxy) is 1. The van der Waals surface area contributed by atoms with Crippen LogP contribution >= 0.6 is 0 Å². The van der Waals surface area contributed by atoms with Crippen molar-refractivity contribution in [3.63, 3.8) is 0 Å². The SMILES string of the molecule is Nc1ccc(OCCNC(=O)CC2CCS(=O)(=O)C2)cc1. The number of rotatable bonds is 6. The molecule has 1 aromatic carbocycles. The molecule has 0 spiro atoms. The molecule has 1 saturated heterocycles. The third-order valence-electron chi connectivity index (χ3n) is 3.37. The monoisotopic (exact) mass is 312 g/mol. The second-order valence-corrected chi connectivity index (χ2v) is 7.47. The van der Waals surface area contributed by atoms with Crippen molar-refractivity contribution >= 4 is 21.4 Å². The van der Waals surface area contributed by atoms with E-state index in [1.165, 1.54) is 0 Å². The molecule has 1 heterocycles. The third kappa shape index (κ3) is 5.26. The molecule has 7 heteroatoms. The van der Waals surface area contributed by atoms with Crippen LogP contribution in [-0.4, -0.2) is 39.0 Å². The summed E-state index contributed by atoms with van der Waals surface area (Å²) in [6, 6.07) is 7.02. The van der Waals surface area contributed by atoms with Crippen LogP contribution in [0.4, 0.5) is 5.69 Å². The van der Waals surface area contributed by atoms with Gasteiger partial charge in [-0.2, -0.15) is 0 Å². The van der Waals surface area contributed by atoms with Gasteiger partial charge in [-0.1, -0.05) is 0 Å². The molecule has 116 valence electrons. The summed E-state index contributed by atoms with van der Waals surface area (Å²) in [6.07, 6.45) is 0.846. The highest BCUT2D eigenvalue weighted by Gasteiger charge is 2.29. The molecule has 1 atom stereocenters. The smallest absolute Gasteiger partial charge is 0.220 e. The zero-order valence-electron chi connectivity index (χ0n) is 11.7. The van der Waals surface area contributed by atoms with Crippen molar-refractivity contribution in [3.8, 4) is 5.75 Å². The molecule has 6 nitrogen and oxygen atoms in total. The Morgan fingerprint density at radius 2 is 2.05 bits per heavy atom. The number of benzene rings is 1. The zero-order chi connectivity index (χ0) is 15.3. The number of carbonyl (C=O) groups is 1. The number of hydrogen-bond donors (Lipinski definition) is 2. The Balaban J connectivity index is 1.62. The highest BCUT2D eigenvalue weighted by molar-refractivity contribution is 7.91. The minimum Gasteiger partial charge on any atom is -0.492 e. The molecule has 21 heavy (non-hydrogen) atoms. The molecule has 0 saturated carbocycles. The molecule has 1 unspecified atom stereocenters. The average molecular weight is 312 g/mol. The summed E-state index contributed by atoms with van der Waals surface area (Å²) in [6.45, 7) is 0.751. The summed E-state index contributed by atoms with van der Waals surface area (Å²) in [5.41, 5.74) is 6.23. The molecular weight excluding hydrogens is 292 g/mol. The Labute approximate surface area is 124 Å². The van der Waals surface area contributed by atoms with Crippen LogP contribution in [0.25, 0.3) is 0 Å². The molecule has 0 aromatic heterocycles. The zero-order valence-corrected chi connectivity index (χ0v) is 12.6. The fourth-order valence-electron chi connectivity index (χ4n) is 2.29. The van der Waals surface area contributed by atoms with E-state index in [4.69, 9.17) is 10.5 Å². The fraction of sp³-hybridized carbons (Fsp3) is 0.500. The largest absolute Gasteiger partial charge is 0.492 e. The van der Waals surface area contributed by atoms with Crippen LogP contribution in [0.3, 0.4) is 0 Å². The minimum absolute atomic E-state index is 0.0481. The lowest BCUT2D eigenvalue weighted by Gasteiger charge is -2.10. The van der Waals surface area contributed by atoms with E-state index >= 15 is 0 Å². The van der Waals surface area contributed by atoms with Crippen LogP contribution in [-0.2, 0) is 14.6 Å². The molecule has 0 bridgehead atoms. The standard InChI is InChI=1S/C14H20N2O4S/c15-12-1-3-13(4-2-12)20-7-6-16-14(17)9-11-5-8-21(18,19)10-11/h1-4,11H,5-10,15H2,(H,16,17). The Morgan fingerprint density at radius 1 is 1.33 bits per heavy atom. The van der Waals surface area contributed by atoms with Gasteiger partial charge in [0.05, 0.1) is 18.1 Å². The Morgan fingerprint density at radius 3 is 2.67 bits per heavy atom. The summed E-state index contributed by atoms with van der Waals surface area (Å²) < 4.78 is 28.1. The Kier molecular flexibility index (Phi) is 5.06. The highest BCUT2D eigenvalue weighted by atomic mass is 32.2. The van der Waals surface area contributed by atoms with E-state index in [0.29, 0.717) is 31.0 Å². The van der Waals surface area contributed by atoms with Crippen LogP contribution in [0.15, 0.2) is 24.3 Å². The minimum atomic E-state index is -2.92. The predicted molar refractivity (Wildman–Crippen MR) is 80.7 cm³/mol. The number of amides is 1. The number of anilines is 1. The molecular formula is C14H20N2O4S. The van der Waals surface area contributed by atoms with E-state index in [2.05, 4.69) is 5.32 Å². The summed E-state index contributed by atoms with van der Waals surface area (Å²) in [5, 5.41) is 2.74. The van der Waals surface area contributed by atoms with Gasteiger partial charge in [-0.25, -0.2) is 8.42 Å². The molecule has 3 N–H and O–H groups in total. The van der Waals surface area contributed by atoms with Crippen molar-refractivity contribution in [1.82, 2.24) is 5.32 Å². The molecule has 1 aliphatic heterocycles. The first kappa shape index (κ1) is 15.6. The van der Waals surface area contributed by atoms with Crippen molar-refractivity contribution in [2.45, 2.75) is 12.8 Å². The molecule has 1 amide bonds. The summed E-state index contributed by atoms with van der Waals surface area (Å²) >= 11 is 0. The van der Waals surface area contributed by atoms with Crippen molar-refractivity contribution in [1.29, 1.82) is 0 Å². The lowest BCUT2D eigenvalue weighted by atomic mass is 10.1. The van der Waals surface area contributed by atoms with Gasteiger partial charge in [0.2, 0.25) is 5.91 Å². The number of nitrogen functional groups attached to an aromatic ring is 1. The molecule has 0 radical (unpaired) electrons. The number of sulfone groups is 1. The summed E-state index contributed by atoms with van der Waals surface area (Å²) in [5.74, 6) is 0.847. The Hall–Kier alpha value is -1.76. The van der Waals surface area contributed by atoms with Crippen molar-refractivity contribution in [2.75, 3.05) is 30.4 Å². The summed E-state index contributed by atoms with van der Waals surface area (Å²) in [4.78, 5) is 11.7. The first-order valence-electron chi connectivity index (χ1n) is 6.90. The second kappa shape index (κ2) is 6.80. The van der Waals surface area contributed by atoms with E-state index in [9.17, 15) is 13.2 Å². The van der Waals surface area contributed by atoms with Crippen molar-refractivity contribution in [2.24, 2.45) is 5.92 Å². The van der Waals surface area contributed by atoms with Gasteiger partial charge in [-0.3, -0.25) is 4.79 Å². The van der Waals surface area contributed by atoms with E-state index < -0.39 is 9.84 Å². The topological polar surface area (TPSA) is 98.5 Å². The van der Waals surface area contributed by atoms with Gasteiger partial charge in [0.15, 0.2) is 9.84 Å². The first-order valence-corrected chi connectivity index (χ1v) is 8.72. The van der Waals surface area contributed by atoms with Gasteiger partial charge < -0.3 is 15.8 Å². The molecule has 1 fully saturated rings. The normalized spacial score (nSPS) is 20.1. The highest BCUT2D eigenvalue weighted by Crippen LogP contribution is 2.21. The predicted octanol–water partition coefficient (Wildman–Crippen LogP) is 0.589. The maximum atomic E-state index is 11.7. The Bertz CT molecular complexity index is 583. The molecule has 1 aromatic rings. The first-order chi connectivity index (χ1) is 9.94. The van der Waals surface area contributed by atoms with Gasteiger partial charge in [0, 0.05) is 12.1 Å². The second-order valence-electron chi connectivity index (χ2n) is 5.24. The molecule has 2 rings (SSSR count). The van der Waals surface area contributed by atoms with Crippen LogP contribution < -0.4 is 15.8 Å². The van der Waals surface area contributed by atoms with E-state index in [1.807, 2.05) is 0 Å². The van der Waals surface area contributed by atoms with Gasteiger partial charge in [-0.15, -0.1) is 0 Å². The maximum Gasteiger partial charge on any atom is 0.220 e. The lowest BCUT2D eigenvalue weighted by molar-refractivity contribution is -0.121. The number of nitrogens with two attached hydrogens (primary N) is 1. The fourth-order valence-corrected chi connectivity index (χ4v) is 4.15. The summed E-state index contributed by atoms with van der Waals surface area (Å²) in [7, 11) is -2.92. The molecule has 0 aliphatic carbocycles. The van der Waals surface area contributed by atoms with Gasteiger partial charge >= 0.3 is 0 Å². The van der Waals surface area contributed by atoms with Crippen molar-refractivity contribution in [3.05, 3.63) is 24.3 Å². The maximum absolute atomic E-state index is 11.7. The van der Waals surface area contributed by atoms with Gasteiger partial charge in [0.25, 0.3) is 0 Å². The van der Waals surface area contributed by atoms with Crippen molar-refractivity contribution < 1.29 is 17.9 Å². The average Bonchev–Trinajstić information content (AvgIpc) is 2.76. The number of carbonyl (C=O) groups excluding carboxylic acids is 1. The van der Waals surface area contributed by atoms with E-state index in [0.717, 1.165) is 0 Å². The third-order valence-corrected chi connectivity index (χ3v) is 5.21. The van der Waals surface area contributed by atoms with Crippen LogP contribution in [0, 0.1) is 5.92 Å². The van der Waals surface area contributed by atoms with Crippen LogP contribution in [0.1, 0.15) is 12.8 Å². The number of hydrogen-bond acceptors (Lipinski definition) is 5. The van der Waals surface area contributed by atoms with Crippen LogP contribution in [0.5, 0.6) is 5.75 Å². The van der Waals surface area contributed by atoms with Crippen LogP contribution in [0.2, 0.25) is 0 Å².